The number of ether oxygens (including phenoxy) is 4. The zero-order valence-electron chi connectivity index (χ0n) is 62.3. The van der Waals surface area contributed by atoms with Gasteiger partial charge in [0.1, 0.15) is 19.3 Å². The highest BCUT2D eigenvalue weighted by atomic mass is 31.2. The topological polar surface area (TPSA) is 237 Å². The Hall–Kier alpha value is -1.94. The fraction of sp³-hybridized carbons (Fsp3) is 0.947. The zero-order chi connectivity index (χ0) is 70.3. The fourth-order valence-corrected chi connectivity index (χ4v) is 13.1. The number of aliphatic hydroxyl groups excluding tert-OH is 1. The van der Waals surface area contributed by atoms with Gasteiger partial charge in [-0.2, -0.15) is 0 Å². The van der Waals surface area contributed by atoms with Crippen molar-refractivity contribution in [2.45, 2.75) is 401 Å². The van der Waals surface area contributed by atoms with Gasteiger partial charge in [-0.1, -0.05) is 331 Å². The van der Waals surface area contributed by atoms with Crippen LogP contribution in [0, 0.1) is 23.7 Å². The van der Waals surface area contributed by atoms with Crippen LogP contribution in [-0.4, -0.2) is 96.7 Å². The molecule has 19 heteroatoms. The molecule has 17 nitrogen and oxygen atoms in total. The second kappa shape index (κ2) is 65.4. The Balaban J connectivity index is 5.26. The minimum atomic E-state index is -4.96. The molecule has 0 aliphatic carbocycles. The first-order valence-corrected chi connectivity index (χ1v) is 42.2. The maximum atomic E-state index is 13.1. The second-order valence-corrected chi connectivity index (χ2v) is 32.0. The number of hydrogen-bond acceptors (Lipinski definition) is 15. The molecule has 0 heterocycles. The molecule has 0 aliphatic rings. The van der Waals surface area contributed by atoms with Crippen LogP contribution in [-0.2, 0) is 65.4 Å². The van der Waals surface area contributed by atoms with Crippen molar-refractivity contribution in [1.82, 2.24) is 0 Å². The molecule has 0 fully saturated rings. The number of hydrogen-bond donors (Lipinski definition) is 3. The van der Waals surface area contributed by atoms with Gasteiger partial charge in [0.15, 0.2) is 12.2 Å². The highest BCUT2D eigenvalue weighted by Gasteiger charge is 2.30. The van der Waals surface area contributed by atoms with Crippen LogP contribution >= 0.6 is 15.6 Å². The SMILES string of the molecule is CCC(C)CCCCCCCCCCC(=O)O[C@H](COC(=O)CCCCCCCCCCC(C)C)COP(=O)(O)OCC(O)COP(=O)(O)OC[C@@H](COC(=O)CCCCCCCCCCCCCC(C)C)OC(=O)CCCCCCCCCCCCCCCCCC(C)C. The normalized spacial score (nSPS) is 14.4. The van der Waals surface area contributed by atoms with E-state index in [2.05, 4.69) is 55.4 Å². The number of carbonyl (C=O) groups excluding carboxylic acids is 4. The number of rotatable bonds is 73. The van der Waals surface area contributed by atoms with Crippen LogP contribution in [0.4, 0.5) is 0 Å². The van der Waals surface area contributed by atoms with Gasteiger partial charge in [-0.05, 0) is 49.4 Å². The second-order valence-electron chi connectivity index (χ2n) is 29.1. The number of phosphoric acid groups is 2. The highest BCUT2D eigenvalue weighted by molar-refractivity contribution is 7.47. The Kier molecular flexibility index (Phi) is 64.0. The van der Waals surface area contributed by atoms with Crippen molar-refractivity contribution < 1.29 is 80.2 Å². The van der Waals surface area contributed by atoms with Gasteiger partial charge in [0, 0.05) is 25.7 Å². The molecule has 0 aromatic heterocycles. The van der Waals surface area contributed by atoms with E-state index in [-0.39, 0.29) is 25.7 Å². The quantitative estimate of drug-likeness (QED) is 0.0222. The summed E-state index contributed by atoms with van der Waals surface area (Å²) in [4.78, 5) is 72.8. The largest absolute Gasteiger partial charge is 0.472 e. The van der Waals surface area contributed by atoms with Crippen LogP contribution in [0.2, 0.25) is 0 Å². The van der Waals surface area contributed by atoms with Gasteiger partial charge in [-0.3, -0.25) is 37.3 Å². The number of phosphoric ester groups is 2. The molecule has 0 rings (SSSR count). The number of unbranched alkanes of at least 4 members (excludes halogenated alkanes) is 38. The lowest BCUT2D eigenvalue weighted by Crippen LogP contribution is -2.30. The molecule has 0 aliphatic heterocycles. The summed E-state index contributed by atoms with van der Waals surface area (Å²) in [5.74, 6) is 0.948. The molecule has 3 N–H and O–H groups in total. The molecule has 0 bridgehead atoms. The lowest BCUT2D eigenvalue weighted by Gasteiger charge is -2.21. The summed E-state index contributed by atoms with van der Waals surface area (Å²) in [6.07, 6.45) is 49.9. The van der Waals surface area contributed by atoms with E-state index in [4.69, 9.17) is 37.0 Å². The average Bonchev–Trinajstić information content (AvgIpc) is 1.57. The van der Waals surface area contributed by atoms with Gasteiger partial charge >= 0.3 is 39.5 Å². The first-order chi connectivity index (χ1) is 45.6. The van der Waals surface area contributed by atoms with Crippen molar-refractivity contribution in [2.75, 3.05) is 39.6 Å². The van der Waals surface area contributed by atoms with Gasteiger partial charge in [-0.25, -0.2) is 9.13 Å². The number of esters is 4. The van der Waals surface area contributed by atoms with Crippen molar-refractivity contribution in [1.29, 1.82) is 0 Å². The Labute approximate surface area is 581 Å². The van der Waals surface area contributed by atoms with E-state index < -0.39 is 97.5 Å². The molecule has 6 atom stereocenters. The van der Waals surface area contributed by atoms with Gasteiger partial charge in [0.05, 0.1) is 26.4 Å². The molecule has 0 saturated carbocycles. The van der Waals surface area contributed by atoms with Crippen molar-refractivity contribution in [3.63, 3.8) is 0 Å². The van der Waals surface area contributed by atoms with Crippen LogP contribution in [0.5, 0.6) is 0 Å². The van der Waals surface area contributed by atoms with Crippen molar-refractivity contribution in [3.05, 3.63) is 0 Å². The van der Waals surface area contributed by atoms with E-state index in [1.807, 2.05) is 0 Å². The van der Waals surface area contributed by atoms with E-state index in [0.717, 1.165) is 114 Å². The molecule has 0 saturated heterocycles. The standard InChI is InChI=1S/C76H148O17P2/c1-9-69(8)55-47-39-31-25-27-35-43-51-59-76(81)93-72(63-87-74(79)57-49-41-33-26-24-30-38-46-54-68(6)7)65-91-95(84,85)89-61-70(77)60-88-94(82,83)90-64-71(62-86-73(78)56-48-40-32-22-19-15-17-21-29-37-45-53-67(4)5)92-75(80)58-50-42-34-23-18-14-12-10-11-13-16-20-28-36-44-52-66(2)3/h66-72,77H,9-65H2,1-8H3,(H,82,83)(H,84,85)/t69?,70?,71-,72-/m1/s1. The maximum absolute atomic E-state index is 13.1. The van der Waals surface area contributed by atoms with E-state index >= 15 is 0 Å². The van der Waals surface area contributed by atoms with Crippen molar-refractivity contribution >= 4 is 39.5 Å². The number of carbonyl (C=O) groups is 4. The molecule has 0 spiro atoms. The maximum Gasteiger partial charge on any atom is 0.472 e. The summed E-state index contributed by atoms with van der Waals surface area (Å²) >= 11 is 0. The van der Waals surface area contributed by atoms with Gasteiger partial charge in [-0.15, -0.1) is 0 Å². The average molecular weight is 1400 g/mol. The summed E-state index contributed by atoms with van der Waals surface area (Å²) in [6.45, 7) is 14.2. The van der Waals surface area contributed by atoms with Gasteiger partial charge in [0.2, 0.25) is 0 Å². The third kappa shape index (κ3) is 69.0. The third-order valence-electron chi connectivity index (χ3n) is 17.9. The number of aliphatic hydroxyl groups is 1. The molecule has 0 amide bonds. The minimum Gasteiger partial charge on any atom is -0.462 e. The van der Waals surface area contributed by atoms with E-state index in [9.17, 15) is 43.2 Å². The third-order valence-corrected chi connectivity index (χ3v) is 19.8. The first-order valence-electron chi connectivity index (χ1n) is 39.2. The van der Waals surface area contributed by atoms with Crippen LogP contribution in [0.15, 0.2) is 0 Å². The summed E-state index contributed by atoms with van der Waals surface area (Å²) in [7, 11) is -9.91. The summed E-state index contributed by atoms with van der Waals surface area (Å²) in [5, 5.41) is 10.6. The summed E-state index contributed by atoms with van der Waals surface area (Å²) in [5.41, 5.74) is 0. The fourth-order valence-electron chi connectivity index (χ4n) is 11.5. The Bertz CT molecular complexity index is 1870. The van der Waals surface area contributed by atoms with Crippen molar-refractivity contribution in [2.24, 2.45) is 23.7 Å². The lowest BCUT2D eigenvalue weighted by molar-refractivity contribution is -0.161. The molecule has 0 aromatic carbocycles. The first kappa shape index (κ1) is 93.1. The van der Waals surface area contributed by atoms with E-state index in [1.165, 1.54) is 186 Å². The predicted octanol–water partition coefficient (Wildman–Crippen LogP) is 22.0. The zero-order valence-corrected chi connectivity index (χ0v) is 64.1. The summed E-state index contributed by atoms with van der Waals surface area (Å²) < 4.78 is 68.5. The Morgan fingerprint density at radius 2 is 0.505 bits per heavy atom. The van der Waals surface area contributed by atoms with Crippen LogP contribution in [0.3, 0.4) is 0 Å². The minimum absolute atomic E-state index is 0.104. The van der Waals surface area contributed by atoms with Gasteiger partial charge in [0.25, 0.3) is 0 Å². The molecule has 4 unspecified atom stereocenters. The molecule has 95 heavy (non-hydrogen) atoms. The highest BCUT2D eigenvalue weighted by Crippen LogP contribution is 2.45. The summed E-state index contributed by atoms with van der Waals surface area (Å²) in [6, 6.07) is 0. The molecule has 564 valence electrons. The van der Waals surface area contributed by atoms with Crippen molar-refractivity contribution in [3.8, 4) is 0 Å². The molecule has 0 radical (unpaired) electrons. The monoisotopic (exact) mass is 1400 g/mol. The lowest BCUT2D eigenvalue weighted by atomic mass is 9.99. The molecular weight excluding hydrogens is 1250 g/mol. The Morgan fingerprint density at radius 3 is 0.747 bits per heavy atom. The van der Waals surface area contributed by atoms with Crippen LogP contribution in [0.25, 0.3) is 0 Å². The van der Waals surface area contributed by atoms with E-state index in [0.29, 0.717) is 25.7 Å². The smallest absolute Gasteiger partial charge is 0.462 e. The predicted molar refractivity (Wildman–Crippen MR) is 386 cm³/mol. The van der Waals surface area contributed by atoms with E-state index in [1.54, 1.807) is 0 Å². The van der Waals surface area contributed by atoms with Gasteiger partial charge < -0.3 is 33.8 Å². The van der Waals surface area contributed by atoms with Crippen LogP contribution in [0.1, 0.15) is 383 Å². The molecular formula is C76H148O17P2. The Morgan fingerprint density at radius 1 is 0.295 bits per heavy atom. The van der Waals surface area contributed by atoms with Crippen LogP contribution < -0.4 is 0 Å². The molecule has 0 aromatic rings.